The van der Waals surface area contributed by atoms with E-state index in [1.807, 2.05) is 38.1 Å². The van der Waals surface area contributed by atoms with Gasteiger partial charge >= 0.3 is 5.97 Å². The Morgan fingerprint density at radius 2 is 1.80 bits per heavy atom. The molecule has 2 aliphatic carbocycles. The Bertz CT molecular complexity index is 2010. The molecule has 1 N–H and O–H groups in total. The van der Waals surface area contributed by atoms with Gasteiger partial charge in [0.2, 0.25) is 27.7 Å². The highest BCUT2D eigenvalue weighted by Gasteiger charge is 2.62. The number of hydrogen-bond donors (Lipinski definition) is 1. The first-order chi connectivity index (χ1) is 26.2. The Morgan fingerprint density at radius 3 is 2.48 bits per heavy atom. The highest BCUT2D eigenvalue weighted by Crippen LogP contribution is 2.57. The van der Waals surface area contributed by atoms with E-state index < -0.39 is 55.7 Å². The number of fused-ring (bicyclic) bond motifs is 3. The molecule has 1 saturated heterocycles. The third-order valence-electron chi connectivity index (χ3n) is 12.0. The van der Waals surface area contributed by atoms with Gasteiger partial charge in [0.1, 0.15) is 23.1 Å². The van der Waals surface area contributed by atoms with E-state index in [4.69, 9.17) is 19.2 Å². The summed E-state index contributed by atoms with van der Waals surface area (Å²) in [7, 11) is -3.95. The summed E-state index contributed by atoms with van der Waals surface area (Å²) in [6.07, 6.45) is 6.43. The van der Waals surface area contributed by atoms with Gasteiger partial charge in [-0.15, -0.1) is 0 Å². The molecule has 0 radical (unpaired) electrons. The minimum atomic E-state index is -3.95. The second kappa shape index (κ2) is 15.7. The fourth-order valence-electron chi connectivity index (χ4n) is 8.28. The summed E-state index contributed by atoms with van der Waals surface area (Å²) in [6, 6.07) is 4.43. The van der Waals surface area contributed by atoms with E-state index in [1.54, 1.807) is 40.7 Å². The molecule has 1 aromatic heterocycles. The third-order valence-corrected chi connectivity index (χ3v) is 14.1. The van der Waals surface area contributed by atoms with Gasteiger partial charge in [-0.3, -0.25) is 23.9 Å². The van der Waals surface area contributed by atoms with Gasteiger partial charge in [-0.25, -0.2) is 18.4 Å². The van der Waals surface area contributed by atoms with Crippen molar-refractivity contribution in [2.45, 2.75) is 136 Å². The van der Waals surface area contributed by atoms with E-state index in [0.29, 0.717) is 54.8 Å². The lowest BCUT2D eigenvalue weighted by Gasteiger charge is -2.32. The van der Waals surface area contributed by atoms with Crippen molar-refractivity contribution in [2.75, 3.05) is 13.2 Å². The first-order valence-electron chi connectivity index (χ1n) is 20.1. The molecule has 13 nitrogen and oxygen atoms in total. The van der Waals surface area contributed by atoms with Crippen LogP contribution in [-0.4, -0.2) is 82.5 Å². The number of ether oxygens (including phenoxy) is 3. The quantitative estimate of drug-likeness (QED) is 0.233. The fourth-order valence-corrected chi connectivity index (χ4v) is 9.61. The van der Waals surface area contributed by atoms with Crippen LogP contribution < -0.4 is 14.2 Å². The Labute approximate surface area is 330 Å². The standard InChI is InChI=1S/C42H58N4O9S/c1-9-53-29-14-15-32-33(19-29)44-37(27(4)43-32)54-30-20-34-35(47)23-42(39(50)45-56(51,52)41(8)16-17-41)22-28(42)13-11-10-12-25(2)18-26(3)31(38(49)46(34)24-30)21-36(48)55-40(5,6)7/h11,13-15,19,25-26,28,30-31,34H,9-10,12,16-18,20-24H2,1-8H3,(H,45,50)/b13-11-/t25-,26+,28+,30+,31-,34-,42+/m0/s1. The summed E-state index contributed by atoms with van der Waals surface area (Å²) in [5.74, 6) is -2.13. The van der Waals surface area contributed by atoms with Gasteiger partial charge < -0.3 is 19.1 Å². The number of esters is 1. The van der Waals surface area contributed by atoms with Gasteiger partial charge in [-0.05, 0) is 110 Å². The second-order valence-electron chi connectivity index (χ2n) is 17.9. The lowest BCUT2D eigenvalue weighted by molar-refractivity contribution is -0.160. The van der Waals surface area contributed by atoms with Crippen molar-refractivity contribution in [1.29, 1.82) is 0 Å². The molecule has 0 spiro atoms. The lowest BCUT2D eigenvalue weighted by Crippen LogP contribution is -2.48. The van der Waals surface area contributed by atoms with Crippen molar-refractivity contribution in [3.8, 4) is 11.6 Å². The van der Waals surface area contributed by atoms with E-state index in [2.05, 4.69) is 16.6 Å². The highest BCUT2D eigenvalue weighted by molar-refractivity contribution is 7.91. The number of aromatic nitrogens is 2. The topological polar surface area (TPSA) is 171 Å². The maximum atomic E-state index is 14.9. The summed E-state index contributed by atoms with van der Waals surface area (Å²) in [6.45, 7) is 15.2. The number of hydrogen-bond acceptors (Lipinski definition) is 11. The lowest BCUT2D eigenvalue weighted by atomic mass is 9.82. The molecular weight excluding hydrogens is 737 g/mol. The van der Waals surface area contributed by atoms with Crippen molar-refractivity contribution in [3.05, 3.63) is 36.0 Å². The summed E-state index contributed by atoms with van der Waals surface area (Å²) in [5, 5.41) is 0. The first-order valence-corrected chi connectivity index (χ1v) is 21.6. The summed E-state index contributed by atoms with van der Waals surface area (Å²) in [4.78, 5) is 67.8. The molecule has 7 atom stereocenters. The number of nitrogens with one attached hydrogen (secondary N) is 1. The van der Waals surface area contributed by atoms with E-state index >= 15 is 0 Å². The zero-order valence-corrected chi connectivity index (χ0v) is 34.9. The average Bonchev–Trinajstić information content (AvgIpc) is 3.98. The van der Waals surface area contributed by atoms with Crippen LogP contribution in [0.3, 0.4) is 0 Å². The van der Waals surface area contributed by atoms with Crippen LogP contribution in [0.15, 0.2) is 30.4 Å². The van der Waals surface area contributed by atoms with Crippen molar-refractivity contribution in [1.82, 2.24) is 19.6 Å². The number of carbonyl (C=O) groups excluding carboxylic acids is 4. The molecular formula is C42H58N4O9S. The Balaban J connectivity index is 1.34. The Hall–Kier alpha value is -4.07. The molecule has 6 rings (SSSR count). The Kier molecular flexibility index (Phi) is 11.7. The molecule has 306 valence electrons. The normalized spacial score (nSPS) is 30.0. The molecule has 2 aromatic rings. The molecule has 0 bridgehead atoms. The third kappa shape index (κ3) is 9.05. The van der Waals surface area contributed by atoms with Crippen LogP contribution in [-0.2, 0) is 33.9 Å². The predicted octanol–water partition coefficient (Wildman–Crippen LogP) is 6.01. The van der Waals surface area contributed by atoms with E-state index in [9.17, 15) is 27.6 Å². The van der Waals surface area contributed by atoms with Crippen LogP contribution in [0.5, 0.6) is 11.6 Å². The van der Waals surface area contributed by atoms with Crippen LogP contribution in [0.4, 0.5) is 0 Å². The van der Waals surface area contributed by atoms with E-state index in [0.717, 1.165) is 12.8 Å². The summed E-state index contributed by atoms with van der Waals surface area (Å²) < 4.78 is 45.6. The number of allylic oxidation sites excluding steroid dienone is 2. The number of aryl methyl sites for hydroxylation is 1. The van der Waals surface area contributed by atoms with Crippen LogP contribution in [0.2, 0.25) is 0 Å². The van der Waals surface area contributed by atoms with Crippen molar-refractivity contribution < 1.29 is 41.8 Å². The minimum Gasteiger partial charge on any atom is -0.494 e. The van der Waals surface area contributed by atoms with Crippen LogP contribution >= 0.6 is 0 Å². The van der Waals surface area contributed by atoms with Crippen LogP contribution in [0, 0.1) is 36.0 Å². The maximum Gasteiger partial charge on any atom is 0.307 e. The van der Waals surface area contributed by atoms with Crippen molar-refractivity contribution in [3.63, 3.8) is 0 Å². The molecule has 3 fully saturated rings. The van der Waals surface area contributed by atoms with Gasteiger partial charge in [0, 0.05) is 18.9 Å². The molecule has 4 aliphatic rings. The molecule has 14 heteroatoms. The number of sulfonamides is 1. The fraction of sp³-hybridized carbons (Fsp3) is 0.667. The molecule has 1 aromatic carbocycles. The Morgan fingerprint density at radius 1 is 1.07 bits per heavy atom. The predicted molar refractivity (Wildman–Crippen MR) is 210 cm³/mol. The van der Waals surface area contributed by atoms with Gasteiger partial charge in [-0.1, -0.05) is 26.0 Å². The van der Waals surface area contributed by atoms with Crippen molar-refractivity contribution >= 4 is 44.6 Å². The van der Waals surface area contributed by atoms with Crippen LogP contribution in [0.1, 0.15) is 112 Å². The molecule has 2 saturated carbocycles. The van der Waals surface area contributed by atoms with Crippen molar-refractivity contribution in [2.24, 2.45) is 29.1 Å². The monoisotopic (exact) mass is 794 g/mol. The molecule has 0 unspecified atom stereocenters. The van der Waals surface area contributed by atoms with Gasteiger partial charge in [0.25, 0.3) is 0 Å². The molecule has 2 aliphatic heterocycles. The SMILES string of the molecule is CCOc1ccc2nc(C)c(O[C@@H]3C[C@H]4C(=O)C[C@]5(C(=O)NS(=O)(=O)C6(C)CC6)C[C@H]5/C=C\CC[C@H](C)C[C@@H](C)[C@H](CC(=O)OC(C)(C)C)C(=O)N4C3)nc2c1. The van der Waals surface area contributed by atoms with E-state index in [1.165, 1.54) is 4.90 Å². The molecule has 3 heterocycles. The summed E-state index contributed by atoms with van der Waals surface area (Å²) in [5.41, 5.74) is -0.274. The number of rotatable bonds is 9. The number of nitrogens with zero attached hydrogens (tertiary/aromatic N) is 3. The van der Waals surface area contributed by atoms with Crippen LogP contribution in [0.25, 0.3) is 11.0 Å². The summed E-state index contributed by atoms with van der Waals surface area (Å²) >= 11 is 0. The number of Topliss-reactive ketones (excluding diaryl/α,β-unsaturated/α-hetero) is 1. The smallest absolute Gasteiger partial charge is 0.307 e. The average molecular weight is 795 g/mol. The highest BCUT2D eigenvalue weighted by atomic mass is 32.2. The maximum absolute atomic E-state index is 14.9. The number of amides is 2. The number of benzene rings is 1. The molecule has 2 amide bonds. The number of carbonyl (C=O) groups is 4. The van der Waals surface area contributed by atoms with Gasteiger partial charge in [0.05, 0.1) is 52.7 Å². The second-order valence-corrected chi connectivity index (χ2v) is 20.1. The molecule has 56 heavy (non-hydrogen) atoms. The largest absolute Gasteiger partial charge is 0.494 e. The van der Waals surface area contributed by atoms with Gasteiger partial charge in [-0.2, -0.15) is 0 Å². The zero-order chi connectivity index (χ0) is 40.8. The van der Waals surface area contributed by atoms with Gasteiger partial charge in [0.15, 0.2) is 5.78 Å². The number of ketones is 1. The minimum absolute atomic E-state index is 0.0374. The van der Waals surface area contributed by atoms with E-state index in [-0.39, 0.29) is 61.1 Å². The zero-order valence-electron chi connectivity index (χ0n) is 34.1. The first kappa shape index (κ1) is 41.6.